The Morgan fingerprint density at radius 3 is 2.69 bits per heavy atom. The lowest BCUT2D eigenvalue weighted by atomic mass is 10.1. The molecule has 0 bridgehead atoms. The molecule has 1 atom stereocenters. The lowest BCUT2D eigenvalue weighted by Crippen LogP contribution is -2.42. The van der Waals surface area contributed by atoms with Crippen LogP contribution >= 0.6 is 11.6 Å². The van der Waals surface area contributed by atoms with Crippen LogP contribution in [0.3, 0.4) is 0 Å². The Morgan fingerprint density at radius 2 is 2.07 bits per heavy atom. The summed E-state index contributed by atoms with van der Waals surface area (Å²) in [6.07, 6.45) is 2.33. The zero-order chi connectivity index (χ0) is 21.9. The van der Waals surface area contributed by atoms with Crippen molar-refractivity contribution in [2.75, 3.05) is 12.4 Å². The van der Waals surface area contributed by atoms with Crippen LogP contribution in [0.15, 0.2) is 23.4 Å². The number of pyridine rings is 1. The highest BCUT2D eigenvalue weighted by Crippen LogP contribution is 2.13. The van der Waals surface area contributed by atoms with Gasteiger partial charge >= 0.3 is 6.09 Å². The van der Waals surface area contributed by atoms with Crippen LogP contribution in [-0.2, 0) is 9.53 Å². The summed E-state index contributed by atoms with van der Waals surface area (Å²) in [7, 11) is 0. The van der Waals surface area contributed by atoms with E-state index in [2.05, 4.69) is 25.6 Å². The van der Waals surface area contributed by atoms with Crippen LogP contribution in [0.2, 0.25) is 0 Å². The van der Waals surface area contributed by atoms with Gasteiger partial charge in [-0.1, -0.05) is 5.11 Å². The summed E-state index contributed by atoms with van der Waals surface area (Å²) in [5.41, 5.74) is 8.16. The average Bonchev–Trinajstić information content (AvgIpc) is 2.65. The topological polar surface area (TPSA) is 146 Å². The van der Waals surface area contributed by atoms with E-state index in [4.69, 9.17) is 21.9 Å². The highest BCUT2D eigenvalue weighted by atomic mass is 35.5. The maximum atomic E-state index is 12.4. The maximum Gasteiger partial charge on any atom is 0.407 e. The Labute approximate surface area is 174 Å². The maximum absolute atomic E-state index is 12.4. The van der Waals surface area contributed by atoms with E-state index in [1.807, 2.05) is 0 Å². The van der Waals surface area contributed by atoms with E-state index in [1.165, 1.54) is 18.3 Å². The molecule has 0 fully saturated rings. The molecule has 0 saturated heterocycles. The Morgan fingerprint density at radius 1 is 1.34 bits per heavy atom. The molecule has 29 heavy (non-hydrogen) atoms. The second-order valence-corrected chi connectivity index (χ2v) is 7.41. The van der Waals surface area contributed by atoms with E-state index >= 15 is 0 Å². The number of nitrogens with one attached hydrogen (secondary N) is 2. The van der Waals surface area contributed by atoms with Crippen LogP contribution in [0.1, 0.15) is 50.5 Å². The average molecular weight is 425 g/mol. The molecule has 0 aliphatic carbocycles. The highest BCUT2D eigenvalue weighted by molar-refractivity contribution is 6.28. The summed E-state index contributed by atoms with van der Waals surface area (Å²) in [5.74, 6) is -1.14. The monoisotopic (exact) mass is 424 g/mol. The van der Waals surface area contributed by atoms with Crippen molar-refractivity contribution >= 4 is 35.1 Å². The van der Waals surface area contributed by atoms with Crippen molar-refractivity contribution in [3.8, 4) is 0 Å². The molecule has 1 heterocycles. The highest BCUT2D eigenvalue weighted by Gasteiger charge is 2.21. The van der Waals surface area contributed by atoms with Crippen LogP contribution < -0.4 is 10.6 Å². The summed E-state index contributed by atoms with van der Waals surface area (Å²) in [4.78, 5) is 42.6. The van der Waals surface area contributed by atoms with Gasteiger partial charge in [0.25, 0.3) is 5.91 Å². The Hall–Kier alpha value is -2.84. The van der Waals surface area contributed by atoms with Gasteiger partial charge in [-0.15, -0.1) is 11.6 Å². The number of amides is 2. The Kier molecular flexibility index (Phi) is 9.91. The summed E-state index contributed by atoms with van der Waals surface area (Å²) in [5, 5.41) is 8.65. The van der Waals surface area contributed by atoms with Crippen molar-refractivity contribution in [3.05, 3.63) is 34.5 Å². The number of unbranched alkanes of at least 4 members (excludes halogenated alkanes) is 1. The predicted octanol–water partition coefficient (Wildman–Crippen LogP) is 3.62. The summed E-state index contributed by atoms with van der Waals surface area (Å²) in [6, 6.07) is 1.99. The van der Waals surface area contributed by atoms with Crippen molar-refractivity contribution in [1.82, 2.24) is 15.6 Å². The SMILES string of the molecule is CC(C)(C)OC(=O)NCCCC[C@H](NC(=O)c1cc(N=[N+]=[N-])ccn1)C(=O)CCl. The summed E-state index contributed by atoms with van der Waals surface area (Å²) >= 11 is 5.64. The van der Waals surface area contributed by atoms with Gasteiger partial charge in [0.05, 0.1) is 11.9 Å². The fourth-order valence-corrected chi connectivity index (χ4v) is 2.46. The Bertz CT molecular complexity index is 774. The number of alkyl halides is 1. The molecular formula is C18H25ClN6O4. The third kappa shape index (κ3) is 9.77. The zero-order valence-electron chi connectivity index (χ0n) is 16.6. The molecule has 0 spiro atoms. The quantitative estimate of drug-likeness (QED) is 0.193. The van der Waals surface area contributed by atoms with E-state index in [9.17, 15) is 14.4 Å². The van der Waals surface area contributed by atoms with Gasteiger partial charge in [0.15, 0.2) is 5.78 Å². The lowest BCUT2D eigenvalue weighted by molar-refractivity contribution is -0.118. The van der Waals surface area contributed by atoms with Gasteiger partial charge in [0.2, 0.25) is 0 Å². The second kappa shape index (κ2) is 11.9. The normalized spacial score (nSPS) is 11.7. The first-order valence-corrected chi connectivity index (χ1v) is 9.57. The van der Waals surface area contributed by atoms with Crippen molar-refractivity contribution in [1.29, 1.82) is 0 Å². The number of hydrogen-bond acceptors (Lipinski definition) is 6. The number of Topliss-reactive ketones (excluding diaryl/α,β-unsaturated/α-hetero) is 1. The predicted molar refractivity (Wildman–Crippen MR) is 108 cm³/mol. The van der Waals surface area contributed by atoms with Crippen molar-refractivity contribution in [2.45, 2.75) is 51.7 Å². The van der Waals surface area contributed by atoms with E-state index in [-0.39, 0.29) is 23.0 Å². The van der Waals surface area contributed by atoms with E-state index < -0.39 is 23.6 Å². The first-order valence-electron chi connectivity index (χ1n) is 9.04. The number of ether oxygens (including phenoxy) is 1. The molecule has 0 saturated carbocycles. The molecule has 1 rings (SSSR count). The number of halogens is 1. The molecule has 0 radical (unpaired) electrons. The van der Waals surface area contributed by atoms with Crippen LogP contribution in [0.4, 0.5) is 10.5 Å². The summed E-state index contributed by atoms with van der Waals surface area (Å²) in [6.45, 7) is 5.69. The van der Waals surface area contributed by atoms with Crippen molar-refractivity contribution < 1.29 is 19.1 Å². The number of azide groups is 1. The van der Waals surface area contributed by atoms with Crippen LogP contribution in [0.5, 0.6) is 0 Å². The summed E-state index contributed by atoms with van der Waals surface area (Å²) < 4.78 is 5.13. The van der Waals surface area contributed by atoms with E-state index in [0.717, 1.165) is 0 Å². The molecule has 0 aliphatic rings. The molecule has 0 unspecified atom stereocenters. The number of ketones is 1. The molecule has 0 aliphatic heterocycles. The molecule has 11 heteroatoms. The number of rotatable bonds is 10. The first kappa shape index (κ1) is 24.2. The Balaban J connectivity index is 2.55. The number of nitrogens with zero attached hydrogens (tertiary/aromatic N) is 4. The van der Waals surface area contributed by atoms with Gasteiger partial charge in [0.1, 0.15) is 11.3 Å². The van der Waals surface area contributed by atoms with E-state index in [0.29, 0.717) is 25.8 Å². The molecule has 2 N–H and O–H groups in total. The van der Waals surface area contributed by atoms with Gasteiger partial charge in [-0.05, 0) is 57.7 Å². The van der Waals surface area contributed by atoms with Crippen LogP contribution in [-0.4, -0.2) is 46.8 Å². The number of aromatic nitrogens is 1. The minimum Gasteiger partial charge on any atom is -0.444 e. The smallest absolute Gasteiger partial charge is 0.407 e. The third-order valence-corrected chi connectivity index (χ3v) is 3.81. The minimum atomic E-state index is -0.786. The number of hydrogen-bond donors (Lipinski definition) is 2. The van der Waals surface area contributed by atoms with Crippen molar-refractivity contribution in [2.24, 2.45) is 5.11 Å². The first-order chi connectivity index (χ1) is 13.7. The molecule has 1 aromatic rings. The number of carbonyl (C=O) groups is 3. The fraction of sp³-hybridized carbons (Fsp3) is 0.556. The van der Waals surface area contributed by atoms with Gasteiger partial charge in [-0.3, -0.25) is 14.6 Å². The molecule has 158 valence electrons. The van der Waals surface area contributed by atoms with Crippen molar-refractivity contribution in [3.63, 3.8) is 0 Å². The largest absolute Gasteiger partial charge is 0.444 e. The molecule has 1 aromatic heterocycles. The van der Waals surface area contributed by atoms with Gasteiger partial charge < -0.3 is 15.4 Å². The van der Waals surface area contributed by atoms with Crippen LogP contribution in [0.25, 0.3) is 10.4 Å². The molecule has 10 nitrogen and oxygen atoms in total. The zero-order valence-corrected chi connectivity index (χ0v) is 17.4. The van der Waals surface area contributed by atoms with Gasteiger partial charge in [0, 0.05) is 23.3 Å². The lowest BCUT2D eigenvalue weighted by Gasteiger charge is -2.20. The van der Waals surface area contributed by atoms with Gasteiger partial charge in [-0.25, -0.2) is 4.79 Å². The fourth-order valence-electron chi connectivity index (χ4n) is 2.27. The minimum absolute atomic E-state index is 0.0221. The second-order valence-electron chi connectivity index (χ2n) is 7.14. The standard InChI is InChI=1S/C18H25ClN6O4/c1-18(2,3)29-17(28)22-8-5-4-6-13(15(26)11-19)23-16(27)14-10-12(24-25-20)7-9-21-14/h7,9-10,13H,4-6,8,11H2,1-3H3,(H,22,28)(H,23,27)/t13-/m0/s1. The number of carbonyl (C=O) groups excluding carboxylic acids is 3. The third-order valence-electron chi connectivity index (χ3n) is 3.55. The molecule has 2 amide bonds. The molecular weight excluding hydrogens is 400 g/mol. The van der Waals surface area contributed by atoms with E-state index in [1.54, 1.807) is 20.8 Å². The molecule has 0 aromatic carbocycles. The van der Waals surface area contributed by atoms with Crippen LogP contribution in [0, 0.1) is 0 Å². The number of alkyl carbamates (subject to hydrolysis) is 1. The van der Waals surface area contributed by atoms with Gasteiger partial charge in [-0.2, -0.15) is 0 Å².